The van der Waals surface area contributed by atoms with Crippen LogP contribution in [0.25, 0.3) is 10.9 Å². The summed E-state index contributed by atoms with van der Waals surface area (Å²) in [6.45, 7) is 2.69. The molecule has 1 aliphatic carbocycles. The number of aromatic amines is 1. The van der Waals surface area contributed by atoms with Crippen LogP contribution in [-0.4, -0.2) is 23.7 Å². The first-order valence-electron chi connectivity index (χ1n) is 8.10. The molecular formula is C17H17F3N2O2. The topological polar surface area (TPSA) is 45.3 Å². The Morgan fingerprint density at radius 1 is 1.33 bits per heavy atom. The van der Waals surface area contributed by atoms with Crippen molar-refractivity contribution in [2.45, 2.75) is 44.5 Å². The number of anilines is 1. The Hall–Kier alpha value is -2.18. The predicted molar refractivity (Wildman–Crippen MR) is 84.6 cm³/mol. The van der Waals surface area contributed by atoms with Crippen molar-refractivity contribution in [3.63, 3.8) is 0 Å². The molecule has 0 unspecified atom stereocenters. The van der Waals surface area contributed by atoms with Gasteiger partial charge in [0.15, 0.2) is 5.75 Å². The zero-order valence-electron chi connectivity index (χ0n) is 13.1. The van der Waals surface area contributed by atoms with E-state index in [4.69, 9.17) is 4.74 Å². The molecule has 1 aromatic heterocycles. The second kappa shape index (κ2) is 5.16. The predicted octanol–water partition coefficient (Wildman–Crippen LogP) is 3.69. The van der Waals surface area contributed by atoms with Crippen molar-refractivity contribution in [1.82, 2.24) is 4.98 Å². The molecule has 128 valence electrons. The van der Waals surface area contributed by atoms with Crippen LogP contribution < -0.4 is 15.2 Å². The molecule has 4 rings (SSSR count). The Morgan fingerprint density at radius 2 is 2.12 bits per heavy atom. The van der Waals surface area contributed by atoms with Crippen molar-refractivity contribution in [2.75, 3.05) is 11.4 Å². The second-order valence-corrected chi connectivity index (χ2v) is 6.32. The summed E-state index contributed by atoms with van der Waals surface area (Å²) in [5, 5.41) is -0.0524. The quantitative estimate of drug-likeness (QED) is 0.863. The van der Waals surface area contributed by atoms with E-state index in [0.29, 0.717) is 18.3 Å². The monoisotopic (exact) mass is 338 g/mol. The number of hydrogen-bond donors (Lipinski definition) is 1. The van der Waals surface area contributed by atoms with Gasteiger partial charge in [0.05, 0.1) is 28.2 Å². The van der Waals surface area contributed by atoms with Gasteiger partial charge in [0, 0.05) is 12.6 Å². The van der Waals surface area contributed by atoms with Crippen LogP contribution in [0.15, 0.2) is 23.0 Å². The Morgan fingerprint density at radius 3 is 2.83 bits per heavy atom. The first kappa shape index (κ1) is 15.4. The van der Waals surface area contributed by atoms with Gasteiger partial charge >= 0.3 is 6.18 Å². The van der Waals surface area contributed by atoms with Crippen LogP contribution in [0.2, 0.25) is 0 Å². The van der Waals surface area contributed by atoms with E-state index in [9.17, 15) is 18.0 Å². The second-order valence-electron chi connectivity index (χ2n) is 6.32. The lowest BCUT2D eigenvalue weighted by Gasteiger charge is -2.40. The molecule has 2 heterocycles. The number of H-pyrrole nitrogens is 1. The van der Waals surface area contributed by atoms with Gasteiger partial charge in [0.2, 0.25) is 5.56 Å². The number of hydrogen-bond acceptors (Lipinski definition) is 3. The van der Waals surface area contributed by atoms with E-state index in [1.54, 1.807) is 6.07 Å². The molecular weight excluding hydrogens is 321 g/mol. The normalized spacial score (nSPS) is 23.1. The third kappa shape index (κ3) is 2.17. The summed E-state index contributed by atoms with van der Waals surface area (Å²) < 4.78 is 46.5. The van der Waals surface area contributed by atoms with Gasteiger partial charge in [0.25, 0.3) is 0 Å². The van der Waals surface area contributed by atoms with E-state index in [2.05, 4.69) is 9.88 Å². The number of nitrogens with zero attached hydrogens (tertiary/aromatic N) is 1. The van der Waals surface area contributed by atoms with Crippen molar-refractivity contribution in [3.8, 4) is 5.75 Å². The lowest BCUT2D eigenvalue weighted by atomic mass is 10.0. The van der Waals surface area contributed by atoms with Gasteiger partial charge in [-0.2, -0.15) is 13.2 Å². The Balaban J connectivity index is 2.04. The number of pyridine rings is 1. The molecule has 2 aromatic rings. The molecule has 1 saturated carbocycles. The summed E-state index contributed by atoms with van der Waals surface area (Å²) >= 11 is 0. The average molecular weight is 338 g/mol. The Kier molecular flexibility index (Phi) is 3.30. The van der Waals surface area contributed by atoms with E-state index in [-0.39, 0.29) is 28.8 Å². The van der Waals surface area contributed by atoms with E-state index in [1.165, 1.54) is 6.07 Å². The van der Waals surface area contributed by atoms with Crippen LogP contribution in [0.4, 0.5) is 18.9 Å². The summed E-state index contributed by atoms with van der Waals surface area (Å²) in [6, 6.07) is 4.10. The van der Waals surface area contributed by atoms with Gasteiger partial charge in [0.1, 0.15) is 6.10 Å². The summed E-state index contributed by atoms with van der Waals surface area (Å²) in [4.78, 5) is 16.2. The highest BCUT2D eigenvalue weighted by Gasteiger charge is 2.41. The van der Waals surface area contributed by atoms with E-state index in [1.807, 2.05) is 6.92 Å². The molecule has 4 nitrogen and oxygen atoms in total. The molecule has 0 amide bonds. The van der Waals surface area contributed by atoms with E-state index < -0.39 is 17.3 Å². The van der Waals surface area contributed by atoms with Crippen LogP contribution in [-0.2, 0) is 6.18 Å². The largest absolute Gasteiger partial charge is 0.485 e. The van der Waals surface area contributed by atoms with Crippen LogP contribution in [0.5, 0.6) is 5.75 Å². The van der Waals surface area contributed by atoms with Crippen LogP contribution in [0.1, 0.15) is 31.7 Å². The molecule has 2 atom stereocenters. The Bertz CT molecular complexity index is 859. The zero-order chi connectivity index (χ0) is 17.1. The maximum atomic E-state index is 13.5. The third-order valence-electron chi connectivity index (χ3n) is 4.98. The third-order valence-corrected chi connectivity index (χ3v) is 4.98. The first-order chi connectivity index (χ1) is 11.4. The molecule has 0 bridgehead atoms. The summed E-state index contributed by atoms with van der Waals surface area (Å²) in [5.74, 6) is 0.237. The van der Waals surface area contributed by atoms with Crippen LogP contribution in [0, 0.1) is 0 Å². The molecule has 1 fully saturated rings. The first-order valence-corrected chi connectivity index (χ1v) is 8.10. The molecule has 1 N–H and O–H groups in total. The number of rotatable bonds is 1. The number of ether oxygens (including phenoxy) is 1. The lowest BCUT2D eigenvalue weighted by Crippen LogP contribution is -2.46. The van der Waals surface area contributed by atoms with Gasteiger partial charge < -0.3 is 14.6 Å². The van der Waals surface area contributed by atoms with Gasteiger partial charge in [-0.1, -0.05) is 0 Å². The SMILES string of the molecule is CCN1c2ccc3[nH]c(=O)cc(C(F)(F)F)c3c2O[C@H]2CCC[C@H]21. The van der Waals surface area contributed by atoms with Crippen LogP contribution in [0.3, 0.4) is 0 Å². The molecule has 7 heteroatoms. The minimum absolute atomic E-state index is 0.0524. The van der Waals surface area contributed by atoms with E-state index in [0.717, 1.165) is 19.3 Å². The van der Waals surface area contributed by atoms with Crippen LogP contribution >= 0.6 is 0 Å². The zero-order valence-corrected chi connectivity index (χ0v) is 13.1. The van der Waals surface area contributed by atoms with Crippen molar-refractivity contribution in [1.29, 1.82) is 0 Å². The smallest absolute Gasteiger partial charge is 0.417 e. The number of alkyl halides is 3. The van der Waals surface area contributed by atoms with Crippen molar-refractivity contribution >= 4 is 16.6 Å². The van der Waals surface area contributed by atoms with Crippen molar-refractivity contribution < 1.29 is 17.9 Å². The van der Waals surface area contributed by atoms with Gasteiger partial charge in [-0.25, -0.2) is 0 Å². The number of halogens is 3. The van der Waals surface area contributed by atoms with Gasteiger partial charge in [-0.3, -0.25) is 4.79 Å². The number of nitrogens with one attached hydrogen (secondary N) is 1. The fraction of sp³-hybridized carbons (Fsp3) is 0.471. The fourth-order valence-electron chi connectivity index (χ4n) is 4.02. The summed E-state index contributed by atoms with van der Waals surface area (Å²) in [5.41, 5.74) is -0.881. The summed E-state index contributed by atoms with van der Waals surface area (Å²) in [6.07, 6.45) is -1.90. The van der Waals surface area contributed by atoms with Crippen molar-refractivity contribution in [3.05, 3.63) is 34.1 Å². The maximum Gasteiger partial charge on any atom is 0.417 e. The number of benzene rings is 1. The highest BCUT2D eigenvalue weighted by atomic mass is 19.4. The standard InChI is InChI=1S/C17H17F3N2O2/c1-2-22-11-4-3-5-13(11)24-16-12(22)7-6-10-15(16)9(17(18,19)20)8-14(23)21-10/h6-8,11,13H,2-5H2,1H3,(H,21,23)/t11-,13+/m1/s1. The maximum absolute atomic E-state index is 13.5. The number of fused-ring (bicyclic) bond motifs is 4. The highest BCUT2D eigenvalue weighted by molar-refractivity contribution is 5.94. The van der Waals surface area contributed by atoms with Gasteiger partial charge in [-0.05, 0) is 38.3 Å². The number of likely N-dealkylation sites (N-methyl/N-ethyl adjacent to an activating group) is 1. The lowest BCUT2D eigenvalue weighted by molar-refractivity contribution is -0.136. The molecule has 0 radical (unpaired) electrons. The minimum atomic E-state index is -4.62. The molecule has 24 heavy (non-hydrogen) atoms. The highest BCUT2D eigenvalue weighted by Crippen LogP contribution is 2.48. The average Bonchev–Trinajstić information content (AvgIpc) is 2.98. The molecule has 1 aliphatic heterocycles. The molecule has 2 aliphatic rings. The molecule has 0 saturated heterocycles. The Labute approximate surface area is 136 Å². The molecule has 0 spiro atoms. The van der Waals surface area contributed by atoms with E-state index >= 15 is 0 Å². The minimum Gasteiger partial charge on any atom is -0.485 e. The number of aromatic nitrogens is 1. The molecule has 1 aromatic carbocycles. The van der Waals surface area contributed by atoms with Gasteiger partial charge in [-0.15, -0.1) is 0 Å². The summed E-state index contributed by atoms with van der Waals surface area (Å²) in [7, 11) is 0. The fourth-order valence-corrected chi connectivity index (χ4v) is 4.02. The van der Waals surface area contributed by atoms with Crippen molar-refractivity contribution in [2.24, 2.45) is 0 Å².